The molecule has 2 aliphatic rings. The summed E-state index contributed by atoms with van der Waals surface area (Å²) in [6.07, 6.45) is 4.41. The lowest BCUT2D eigenvalue weighted by Gasteiger charge is -2.28. The Morgan fingerprint density at radius 1 is 1.19 bits per heavy atom. The normalized spacial score (nSPS) is 21.4. The number of amides is 1. The Morgan fingerprint density at radius 3 is 2.54 bits per heavy atom. The molecule has 26 heavy (non-hydrogen) atoms. The summed E-state index contributed by atoms with van der Waals surface area (Å²) in [5.41, 5.74) is 0.515. The zero-order valence-corrected chi connectivity index (χ0v) is 16.3. The highest BCUT2D eigenvalue weighted by atomic mass is 32.2. The number of unbranched alkanes of at least 4 members (excludes halogenated alkanes) is 1. The van der Waals surface area contributed by atoms with Gasteiger partial charge in [0.05, 0.1) is 25.2 Å². The highest BCUT2D eigenvalue weighted by Crippen LogP contribution is 2.35. The molecule has 0 aromatic heterocycles. The van der Waals surface area contributed by atoms with Crippen LogP contribution in [0.3, 0.4) is 0 Å². The van der Waals surface area contributed by atoms with Crippen LogP contribution in [0.1, 0.15) is 49.4 Å². The predicted molar refractivity (Wildman–Crippen MR) is 99.6 cm³/mol. The van der Waals surface area contributed by atoms with Crippen LogP contribution >= 0.6 is 0 Å². The number of nitrogens with zero attached hydrogens (tertiary/aromatic N) is 1. The first-order chi connectivity index (χ1) is 12.4. The Morgan fingerprint density at radius 2 is 1.96 bits per heavy atom. The van der Waals surface area contributed by atoms with Crippen molar-refractivity contribution in [3.63, 3.8) is 0 Å². The summed E-state index contributed by atoms with van der Waals surface area (Å²) in [6.45, 7) is 2.70. The maximum atomic E-state index is 13.1. The maximum absolute atomic E-state index is 13.1. The molecule has 3 rings (SSSR count). The Bertz CT molecular complexity index is 757. The molecule has 1 aromatic rings. The Hall–Kier alpha value is -1.76. The van der Waals surface area contributed by atoms with Crippen LogP contribution in [0.2, 0.25) is 0 Å². The van der Waals surface area contributed by atoms with Crippen molar-refractivity contribution in [2.75, 3.05) is 25.2 Å². The van der Waals surface area contributed by atoms with Crippen LogP contribution in [-0.4, -0.2) is 56.5 Å². The van der Waals surface area contributed by atoms with Crippen LogP contribution < -0.4 is 9.47 Å². The largest absolute Gasteiger partial charge is 0.493 e. The number of methoxy groups -OCH3 is 1. The van der Waals surface area contributed by atoms with Gasteiger partial charge < -0.3 is 14.4 Å². The Labute approximate surface area is 155 Å². The summed E-state index contributed by atoms with van der Waals surface area (Å²) in [5.74, 6) is 1.28. The van der Waals surface area contributed by atoms with Crippen molar-refractivity contribution in [3.05, 3.63) is 23.8 Å². The molecule has 1 saturated heterocycles. The molecule has 144 valence electrons. The van der Waals surface area contributed by atoms with Gasteiger partial charge in [0, 0.05) is 17.6 Å². The zero-order chi connectivity index (χ0) is 18.7. The quantitative estimate of drug-likeness (QED) is 0.647. The van der Waals surface area contributed by atoms with E-state index in [-0.39, 0.29) is 29.5 Å². The molecule has 0 N–H and O–H groups in total. The Kier molecular flexibility index (Phi) is 5.75. The molecule has 0 bridgehead atoms. The van der Waals surface area contributed by atoms with Crippen molar-refractivity contribution in [3.8, 4) is 11.5 Å². The van der Waals surface area contributed by atoms with E-state index in [9.17, 15) is 13.2 Å². The van der Waals surface area contributed by atoms with E-state index in [1.54, 1.807) is 30.2 Å². The molecular formula is C19H27NO5S. The van der Waals surface area contributed by atoms with Gasteiger partial charge in [-0.05, 0) is 43.9 Å². The van der Waals surface area contributed by atoms with Gasteiger partial charge in [0.25, 0.3) is 5.91 Å². The van der Waals surface area contributed by atoms with Crippen molar-refractivity contribution >= 4 is 15.7 Å². The molecule has 1 aromatic carbocycles. The number of hydrogen-bond donors (Lipinski definition) is 0. The molecule has 1 aliphatic heterocycles. The van der Waals surface area contributed by atoms with Crippen LogP contribution in [0.15, 0.2) is 18.2 Å². The van der Waals surface area contributed by atoms with E-state index >= 15 is 0 Å². The molecule has 0 spiro atoms. The maximum Gasteiger partial charge on any atom is 0.254 e. The fourth-order valence-electron chi connectivity index (χ4n) is 3.37. The van der Waals surface area contributed by atoms with E-state index < -0.39 is 9.84 Å². The first-order valence-electron chi connectivity index (χ1n) is 9.29. The summed E-state index contributed by atoms with van der Waals surface area (Å²) in [5, 5.41) is 0. The van der Waals surface area contributed by atoms with Crippen LogP contribution in [0, 0.1) is 0 Å². The average Bonchev–Trinajstić information content (AvgIpc) is 3.38. The number of sulfone groups is 1. The molecular weight excluding hydrogens is 354 g/mol. The van der Waals surface area contributed by atoms with Crippen molar-refractivity contribution < 1.29 is 22.7 Å². The molecule has 7 heteroatoms. The predicted octanol–water partition coefficient (Wildman–Crippen LogP) is 2.67. The van der Waals surface area contributed by atoms with Gasteiger partial charge in [-0.1, -0.05) is 13.3 Å². The van der Waals surface area contributed by atoms with Gasteiger partial charge in [0.1, 0.15) is 0 Å². The summed E-state index contributed by atoms with van der Waals surface area (Å²) in [7, 11) is -1.48. The lowest BCUT2D eigenvalue weighted by molar-refractivity contribution is 0.0680. The standard InChI is InChI=1S/C19H27NO5S/c1-3-4-10-25-17-8-5-14(12-18(17)24-2)19(21)20(15-6-7-15)16-9-11-26(22,23)13-16/h5,8,12,15-16H,3-4,6-7,9-11,13H2,1-2H3. The first-order valence-corrected chi connectivity index (χ1v) is 11.1. The van der Waals surface area contributed by atoms with E-state index in [2.05, 4.69) is 6.92 Å². The van der Waals surface area contributed by atoms with Crippen LogP contribution in [-0.2, 0) is 9.84 Å². The van der Waals surface area contributed by atoms with Crippen LogP contribution in [0.4, 0.5) is 0 Å². The van der Waals surface area contributed by atoms with Crippen molar-refractivity contribution in [1.29, 1.82) is 0 Å². The molecule has 1 unspecified atom stereocenters. The number of carbonyl (C=O) groups excluding carboxylic acids is 1. The minimum absolute atomic E-state index is 0.0740. The topological polar surface area (TPSA) is 72.9 Å². The molecule has 1 aliphatic carbocycles. The van der Waals surface area contributed by atoms with E-state index in [0.717, 1.165) is 25.7 Å². The molecule has 6 nitrogen and oxygen atoms in total. The van der Waals surface area contributed by atoms with E-state index in [1.165, 1.54) is 0 Å². The van der Waals surface area contributed by atoms with Crippen LogP contribution in [0.25, 0.3) is 0 Å². The van der Waals surface area contributed by atoms with Crippen molar-refractivity contribution in [2.45, 2.75) is 51.1 Å². The van der Waals surface area contributed by atoms with E-state index in [1.807, 2.05) is 0 Å². The lowest BCUT2D eigenvalue weighted by Crippen LogP contribution is -2.42. The van der Waals surface area contributed by atoms with Gasteiger partial charge in [-0.3, -0.25) is 4.79 Å². The van der Waals surface area contributed by atoms with Crippen LogP contribution in [0.5, 0.6) is 11.5 Å². The molecule has 0 radical (unpaired) electrons. The van der Waals surface area contributed by atoms with Gasteiger partial charge in [0.2, 0.25) is 0 Å². The lowest BCUT2D eigenvalue weighted by atomic mass is 10.1. The third kappa shape index (κ3) is 4.31. The monoisotopic (exact) mass is 381 g/mol. The second-order valence-corrected chi connectivity index (χ2v) is 9.30. The highest BCUT2D eigenvalue weighted by Gasteiger charge is 2.42. The Balaban J connectivity index is 1.79. The van der Waals surface area contributed by atoms with Gasteiger partial charge in [-0.2, -0.15) is 0 Å². The third-order valence-electron chi connectivity index (χ3n) is 4.94. The molecule has 1 heterocycles. The first kappa shape index (κ1) is 19.0. The summed E-state index contributed by atoms with van der Waals surface area (Å²) < 4.78 is 34.8. The SMILES string of the molecule is CCCCOc1ccc(C(=O)N(C2CC2)C2CCS(=O)(=O)C2)cc1OC. The number of benzene rings is 1. The van der Waals surface area contributed by atoms with Gasteiger partial charge in [-0.15, -0.1) is 0 Å². The number of rotatable bonds is 8. The van der Waals surface area contributed by atoms with Crippen molar-refractivity contribution in [2.24, 2.45) is 0 Å². The van der Waals surface area contributed by atoms with E-state index in [0.29, 0.717) is 30.1 Å². The van der Waals surface area contributed by atoms with E-state index in [4.69, 9.17) is 9.47 Å². The summed E-state index contributed by atoms with van der Waals surface area (Å²) in [6, 6.07) is 5.14. The molecule has 2 fully saturated rings. The third-order valence-corrected chi connectivity index (χ3v) is 6.69. The highest BCUT2D eigenvalue weighted by molar-refractivity contribution is 7.91. The van der Waals surface area contributed by atoms with Gasteiger partial charge in [0.15, 0.2) is 21.3 Å². The second-order valence-electron chi connectivity index (χ2n) is 7.07. The molecule has 1 atom stereocenters. The second kappa shape index (κ2) is 7.86. The summed E-state index contributed by atoms with van der Waals surface area (Å²) >= 11 is 0. The fourth-order valence-corrected chi connectivity index (χ4v) is 5.08. The van der Waals surface area contributed by atoms with Gasteiger partial charge >= 0.3 is 0 Å². The number of carbonyl (C=O) groups is 1. The molecule has 1 amide bonds. The molecule has 1 saturated carbocycles. The average molecular weight is 381 g/mol. The minimum atomic E-state index is -3.03. The van der Waals surface area contributed by atoms with Crippen molar-refractivity contribution in [1.82, 2.24) is 4.90 Å². The van der Waals surface area contributed by atoms with Gasteiger partial charge in [-0.25, -0.2) is 8.42 Å². The number of ether oxygens (including phenoxy) is 2. The summed E-state index contributed by atoms with van der Waals surface area (Å²) in [4.78, 5) is 14.9. The smallest absolute Gasteiger partial charge is 0.254 e. The fraction of sp³-hybridized carbons (Fsp3) is 0.632. The zero-order valence-electron chi connectivity index (χ0n) is 15.4. The number of hydrogen-bond acceptors (Lipinski definition) is 5. The minimum Gasteiger partial charge on any atom is -0.493 e.